The van der Waals surface area contributed by atoms with Gasteiger partial charge >= 0.3 is 5.97 Å². The molecule has 0 radical (unpaired) electrons. The summed E-state index contributed by atoms with van der Waals surface area (Å²) in [4.78, 5) is 26.4. The number of hydrogen-bond donors (Lipinski definition) is 1. The Kier molecular flexibility index (Phi) is 5.27. The number of amides is 1. The van der Waals surface area contributed by atoms with E-state index in [1.165, 1.54) is 0 Å². The number of benzene rings is 1. The second kappa shape index (κ2) is 7.44. The molecule has 1 heterocycles. The molecule has 3 rings (SSSR count). The number of nitrogens with zero attached hydrogens (tertiary/aromatic N) is 1. The Hall–Kier alpha value is -2.08. The lowest BCUT2D eigenvalue weighted by atomic mass is 9.68. The van der Waals surface area contributed by atoms with Gasteiger partial charge in [0.25, 0.3) is 0 Å². The monoisotopic (exact) mass is 347 g/mol. The summed E-state index contributed by atoms with van der Waals surface area (Å²) in [7, 11) is 1.62. The quantitative estimate of drug-likeness (QED) is 0.904. The van der Waals surface area contributed by atoms with Gasteiger partial charge in [-0.2, -0.15) is 0 Å². The Balaban J connectivity index is 1.88. The van der Waals surface area contributed by atoms with Crippen molar-refractivity contribution in [3.8, 4) is 5.75 Å². The number of methoxy groups -OCH3 is 1. The van der Waals surface area contributed by atoms with Crippen molar-refractivity contribution >= 4 is 11.9 Å². The number of carboxylic acid groups (broad SMARTS) is 1. The molecule has 6 heteroatoms. The van der Waals surface area contributed by atoms with Crippen LogP contribution in [-0.2, 0) is 19.7 Å². The molecule has 1 unspecified atom stereocenters. The van der Waals surface area contributed by atoms with Gasteiger partial charge < -0.3 is 19.5 Å². The highest BCUT2D eigenvalue weighted by atomic mass is 16.5. The fourth-order valence-electron chi connectivity index (χ4n) is 3.98. The first-order chi connectivity index (χ1) is 12.1. The Bertz CT molecular complexity index is 621. The summed E-state index contributed by atoms with van der Waals surface area (Å²) in [6.07, 6.45) is 3.80. The van der Waals surface area contributed by atoms with E-state index in [4.69, 9.17) is 9.47 Å². The minimum atomic E-state index is -1.01. The minimum Gasteiger partial charge on any atom is -0.497 e. The smallest absolute Gasteiger partial charge is 0.334 e. The molecule has 1 aliphatic carbocycles. The highest BCUT2D eigenvalue weighted by Gasteiger charge is 2.45. The van der Waals surface area contributed by atoms with E-state index < -0.39 is 17.5 Å². The molecule has 1 atom stereocenters. The molecule has 1 saturated heterocycles. The lowest BCUT2D eigenvalue weighted by molar-refractivity contribution is -0.161. The Morgan fingerprint density at radius 2 is 1.88 bits per heavy atom. The number of rotatable bonds is 4. The normalized spacial score (nSPS) is 23.1. The molecule has 25 heavy (non-hydrogen) atoms. The lowest BCUT2D eigenvalue weighted by Crippen LogP contribution is -2.55. The Morgan fingerprint density at radius 3 is 2.48 bits per heavy atom. The third kappa shape index (κ3) is 3.49. The first-order valence-corrected chi connectivity index (χ1v) is 8.85. The van der Waals surface area contributed by atoms with Gasteiger partial charge in [0, 0.05) is 6.54 Å². The topological polar surface area (TPSA) is 76.1 Å². The van der Waals surface area contributed by atoms with Crippen molar-refractivity contribution in [1.82, 2.24) is 4.90 Å². The van der Waals surface area contributed by atoms with Gasteiger partial charge in [-0.15, -0.1) is 0 Å². The van der Waals surface area contributed by atoms with E-state index in [0.29, 0.717) is 6.54 Å². The van der Waals surface area contributed by atoms with Crippen molar-refractivity contribution in [2.75, 3.05) is 26.8 Å². The SMILES string of the molecule is COc1ccc(C2(C(=O)N3CCOC(C(=O)O)C3)CCCCC2)cc1. The zero-order valence-electron chi connectivity index (χ0n) is 14.6. The molecular weight excluding hydrogens is 322 g/mol. The zero-order chi connectivity index (χ0) is 17.9. The maximum Gasteiger partial charge on any atom is 0.334 e. The highest BCUT2D eigenvalue weighted by molar-refractivity contribution is 5.89. The second-order valence-corrected chi connectivity index (χ2v) is 6.82. The average molecular weight is 347 g/mol. The third-order valence-corrected chi connectivity index (χ3v) is 5.39. The summed E-state index contributed by atoms with van der Waals surface area (Å²) in [5.41, 5.74) is 0.432. The van der Waals surface area contributed by atoms with Gasteiger partial charge in [-0.25, -0.2) is 4.79 Å². The summed E-state index contributed by atoms with van der Waals surface area (Å²) in [6, 6.07) is 7.71. The van der Waals surface area contributed by atoms with Crippen molar-refractivity contribution in [3.63, 3.8) is 0 Å². The maximum atomic E-state index is 13.4. The lowest BCUT2D eigenvalue weighted by Gasteiger charge is -2.42. The van der Waals surface area contributed by atoms with Gasteiger partial charge in [-0.3, -0.25) is 4.79 Å². The van der Waals surface area contributed by atoms with Crippen LogP contribution >= 0.6 is 0 Å². The van der Waals surface area contributed by atoms with Crippen LogP contribution in [0.2, 0.25) is 0 Å². The number of ether oxygens (including phenoxy) is 2. The van der Waals surface area contributed by atoms with E-state index in [-0.39, 0.29) is 19.1 Å². The van der Waals surface area contributed by atoms with Crippen LogP contribution in [-0.4, -0.2) is 54.8 Å². The summed E-state index contributed by atoms with van der Waals surface area (Å²) >= 11 is 0. The second-order valence-electron chi connectivity index (χ2n) is 6.82. The van der Waals surface area contributed by atoms with Gasteiger partial charge in [-0.1, -0.05) is 31.4 Å². The fourth-order valence-corrected chi connectivity index (χ4v) is 3.98. The molecule has 6 nitrogen and oxygen atoms in total. The van der Waals surface area contributed by atoms with Crippen LogP contribution in [0.3, 0.4) is 0 Å². The average Bonchev–Trinajstić information content (AvgIpc) is 2.68. The highest BCUT2D eigenvalue weighted by Crippen LogP contribution is 2.41. The maximum absolute atomic E-state index is 13.4. The van der Waals surface area contributed by atoms with Crippen LogP contribution in [0.4, 0.5) is 0 Å². The first-order valence-electron chi connectivity index (χ1n) is 8.85. The number of hydrogen-bond acceptors (Lipinski definition) is 4. The molecule has 0 aromatic heterocycles. The molecule has 2 fully saturated rings. The largest absolute Gasteiger partial charge is 0.497 e. The number of aliphatic carboxylic acids is 1. The zero-order valence-corrected chi connectivity index (χ0v) is 14.6. The summed E-state index contributed by atoms with van der Waals surface area (Å²) < 4.78 is 10.5. The van der Waals surface area contributed by atoms with E-state index in [0.717, 1.165) is 43.4 Å². The summed E-state index contributed by atoms with van der Waals surface area (Å²) in [6.45, 7) is 0.827. The van der Waals surface area contributed by atoms with Crippen LogP contribution < -0.4 is 4.74 Å². The van der Waals surface area contributed by atoms with E-state index in [2.05, 4.69) is 0 Å². The van der Waals surface area contributed by atoms with Crippen LogP contribution in [0.5, 0.6) is 5.75 Å². The number of carboxylic acids is 1. The van der Waals surface area contributed by atoms with Gasteiger partial charge in [0.05, 0.1) is 25.7 Å². The number of carbonyl (C=O) groups excluding carboxylic acids is 1. The molecule has 1 N–H and O–H groups in total. The molecule has 1 amide bonds. The minimum absolute atomic E-state index is 0.0342. The standard InChI is InChI=1S/C19H25NO5/c1-24-15-7-5-14(6-8-15)19(9-3-2-4-10-19)18(23)20-11-12-25-16(13-20)17(21)22/h5-8,16H,2-4,9-13H2,1H3,(H,21,22). The van der Waals surface area contributed by atoms with Gasteiger partial charge in [0.1, 0.15) is 5.75 Å². The van der Waals surface area contributed by atoms with Gasteiger partial charge in [0.2, 0.25) is 5.91 Å². The molecule has 2 aliphatic rings. The predicted octanol–water partition coefficient (Wildman–Crippen LogP) is 2.21. The third-order valence-electron chi connectivity index (χ3n) is 5.39. The summed E-state index contributed by atoms with van der Waals surface area (Å²) in [5.74, 6) is -0.217. The van der Waals surface area contributed by atoms with Crippen LogP contribution in [0, 0.1) is 0 Å². The Labute approximate surface area is 147 Å². The Morgan fingerprint density at radius 1 is 1.20 bits per heavy atom. The van der Waals surface area contributed by atoms with Crippen molar-refractivity contribution < 1.29 is 24.2 Å². The molecular formula is C19H25NO5. The summed E-state index contributed by atoms with van der Waals surface area (Å²) in [5, 5.41) is 9.21. The van der Waals surface area contributed by atoms with Crippen LogP contribution in [0.15, 0.2) is 24.3 Å². The van der Waals surface area contributed by atoms with E-state index in [1.54, 1.807) is 12.0 Å². The molecule has 1 aliphatic heterocycles. The molecule has 1 aromatic carbocycles. The molecule has 0 bridgehead atoms. The van der Waals surface area contributed by atoms with Gasteiger partial charge in [-0.05, 0) is 30.5 Å². The van der Waals surface area contributed by atoms with E-state index in [9.17, 15) is 14.7 Å². The van der Waals surface area contributed by atoms with E-state index in [1.807, 2.05) is 24.3 Å². The van der Waals surface area contributed by atoms with Crippen molar-refractivity contribution in [2.24, 2.45) is 0 Å². The van der Waals surface area contributed by atoms with Gasteiger partial charge in [0.15, 0.2) is 6.10 Å². The van der Waals surface area contributed by atoms with Crippen LogP contribution in [0.25, 0.3) is 0 Å². The molecule has 0 spiro atoms. The molecule has 1 aromatic rings. The number of morpholine rings is 1. The predicted molar refractivity (Wildman–Crippen MR) is 91.7 cm³/mol. The van der Waals surface area contributed by atoms with Crippen molar-refractivity contribution in [2.45, 2.75) is 43.6 Å². The first kappa shape index (κ1) is 17.7. The van der Waals surface area contributed by atoms with Crippen molar-refractivity contribution in [3.05, 3.63) is 29.8 Å². The van der Waals surface area contributed by atoms with E-state index >= 15 is 0 Å². The molecule has 1 saturated carbocycles. The van der Waals surface area contributed by atoms with Crippen molar-refractivity contribution in [1.29, 1.82) is 0 Å². The fraction of sp³-hybridized carbons (Fsp3) is 0.579. The number of carbonyl (C=O) groups is 2. The van der Waals surface area contributed by atoms with Crippen LogP contribution in [0.1, 0.15) is 37.7 Å². The molecule has 136 valence electrons.